The number of nitrogens with one attached hydrogen (secondary N) is 2. The highest BCUT2D eigenvalue weighted by atomic mass is 16.4. The summed E-state index contributed by atoms with van der Waals surface area (Å²) in [5.41, 5.74) is 1.02. The first-order chi connectivity index (χ1) is 11.7. The minimum absolute atomic E-state index is 0.116. The standard InChI is InChI=1S/C19H25N3O2/c1-14-16(9-6-12-20-14)22-18(23)10-5-11-19-21-13-17(24-19)15-7-3-2-4-8-15/h2-4,7-8,13-14,16,20H,5-6,9-12H2,1H3,(H,22,23). The van der Waals surface area contributed by atoms with Gasteiger partial charge in [0.25, 0.3) is 0 Å². The second-order valence-corrected chi connectivity index (χ2v) is 6.40. The van der Waals surface area contributed by atoms with E-state index in [4.69, 9.17) is 4.42 Å². The fourth-order valence-electron chi connectivity index (χ4n) is 3.08. The first-order valence-corrected chi connectivity index (χ1v) is 8.75. The molecule has 0 aliphatic carbocycles. The van der Waals surface area contributed by atoms with E-state index in [9.17, 15) is 4.79 Å². The quantitative estimate of drug-likeness (QED) is 0.856. The van der Waals surface area contributed by atoms with Crippen LogP contribution >= 0.6 is 0 Å². The van der Waals surface area contributed by atoms with Gasteiger partial charge in [-0.1, -0.05) is 30.3 Å². The summed E-state index contributed by atoms with van der Waals surface area (Å²) in [6.45, 7) is 3.17. The monoisotopic (exact) mass is 327 g/mol. The molecule has 1 amide bonds. The van der Waals surface area contributed by atoms with Gasteiger partial charge in [-0.05, 0) is 32.7 Å². The van der Waals surface area contributed by atoms with E-state index in [1.165, 1.54) is 0 Å². The molecule has 0 radical (unpaired) electrons. The Morgan fingerprint density at radius 2 is 2.21 bits per heavy atom. The highest BCUT2D eigenvalue weighted by Gasteiger charge is 2.22. The molecule has 0 saturated carbocycles. The van der Waals surface area contributed by atoms with Gasteiger partial charge < -0.3 is 15.1 Å². The van der Waals surface area contributed by atoms with Crippen molar-refractivity contribution >= 4 is 5.91 Å². The SMILES string of the molecule is CC1NCCCC1NC(=O)CCCc1ncc(-c2ccccc2)o1. The predicted octanol–water partition coefficient (Wildman–Crippen LogP) is 2.92. The second-order valence-electron chi connectivity index (χ2n) is 6.40. The molecule has 0 spiro atoms. The van der Waals surface area contributed by atoms with Crippen LogP contribution in [0.4, 0.5) is 0 Å². The van der Waals surface area contributed by atoms with Crippen molar-refractivity contribution in [2.24, 2.45) is 0 Å². The van der Waals surface area contributed by atoms with Gasteiger partial charge >= 0.3 is 0 Å². The van der Waals surface area contributed by atoms with Gasteiger partial charge in [0.2, 0.25) is 5.91 Å². The van der Waals surface area contributed by atoms with Gasteiger partial charge in [-0.15, -0.1) is 0 Å². The van der Waals surface area contributed by atoms with Gasteiger partial charge in [0.05, 0.1) is 6.20 Å². The topological polar surface area (TPSA) is 67.2 Å². The van der Waals surface area contributed by atoms with Crippen molar-refractivity contribution in [1.29, 1.82) is 0 Å². The van der Waals surface area contributed by atoms with Crippen LogP contribution in [0.1, 0.15) is 38.5 Å². The number of rotatable bonds is 6. The van der Waals surface area contributed by atoms with E-state index in [2.05, 4.69) is 22.5 Å². The number of nitrogens with zero attached hydrogens (tertiary/aromatic N) is 1. The van der Waals surface area contributed by atoms with Gasteiger partial charge in [-0.3, -0.25) is 4.79 Å². The maximum atomic E-state index is 12.1. The van der Waals surface area contributed by atoms with Crippen molar-refractivity contribution in [3.63, 3.8) is 0 Å². The van der Waals surface area contributed by atoms with Crippen LogP contribution in [0.5, 0.6) is 0 Å². The molecule has 1 aromatic carbocycles. The fourth-order valence-corrected chi connectivity index (χ4v) is 3.08. The number of hydrogen-bond donors (Lipinski definition) is 2. The molecule has 1 aliphatic heterocycles. The number of hydrogen-bond acceptors (Lipinski definition) is 4. The molecule has 1 aliphatic rings. The van der Waals surface area contributed by atoms with Gasteiger partial charge in [0.15, 0.2) is 11.7 Å². The molecule has 3 rings (SSSR count). The van der Waals surface area contributed by atoms with Crippen molar-refractivity contribution in [2.75, 3.05) is 6.54 Å². The zero-order chi connectivity index (χ0) is 16.8. The Hall–Kier alpha value is -2.14. The average molecular weight is 327 g/mol. The Morgan fingerprint density at radius 1 is 1.38 bits per heavy atom. The average Bonchev–Trinajstić information content (AvgIpc) is 3.07. The molecule has 1 saturated heterocycles. The van der Waals surface area contributed by atoms with Gasteiger partial charge in [0.1, 0.15) is 0 Å². The minimum Gasteiger partial charge on any atom is -0.441 e. The summed E-state index contributed by atoms with van der Waals surface area (Å²) in [7, 11) is 0. The molecular formula is C19H25N3O2. The number of piperidine rings is 1. The Bertz CT molecular complexity index is 654. The van der Waals surface area contributed by atoms with E-state index in [0.29, 0.717) is 24.8 Å². The molecule has 128 valence electrons. The number of oxazole rings is 1. The Morgan fingerprint density at radius 3 is 3.00 bits per heavy atom. The van der Waals surface area contributed by atoms with Crippen LogP contribution < -0.4 is 10.6 Å². The lowest BCUT2D eigenvalue weighted by Gasteiger charge is -2.30. The zero-order valence-electron chi connectivity index (χ0n) is 14.1. The summed E-state index contributed by atoms with van der Waals surface area (Å²) < 4.78 is 5.77. The third-order valence-corrected chi connectivity index (χ3v) is 4.51. The molecule has 1 fully saturated rings. The summed E-state index contributed by atoms with van der Waals surface area (Å²) in [6.07, 6.45) is 5.86. The molecule has 2 aromatic rings. The number of aryl methyl sites for hydroxylation is 1. The largest absolute Gasteiger partial charge is 0.441 e. The number of benzene rings is 1. The van der Waals surface area contributed by atoms with Gasteiger partial charge in [-0.25, -0.2) is 4.98 Å². The van der Waals surface area contributed by atoms with Gasteiger partial charge in [-0.2, -0.15) is 0 Å². The number of carbonyl (C=O) groups excluding carboxylic acids is 1. The van der Waals surface area contributed by atoms with Crippen LogP contribution in [-0.4, -0.2) is 29.5 Å². The summed E-state index contributed by atoms with van der Waals surface area (Å²) in [6, 6.07) is 10.5. The van der Waals surface area contributed by atoms with E-state index >= 15 is 0 Å². The maximum Gasteiger partial charge on any atom is 0.220 e. The fraction of sp³-hybridized carbons (Fsp3) is 0.474. The van der Waals surface area contributed by atoms with Crippen molar-refractivity contribution in [3.8, 4) is 11.3 Å². The third-order valence-electron chi connectivity index (χ3n) is 4.51. The highest BCUT2D eigenvalue weighted by molar-refractivity contribution is 5.76. The van der Waals surface area contributed by atoms with E-state index in [-0.39, 0.29) is 11.9 Å². The summed E-state index contributed by atoms with van der Waals surface area (Å²) in [5, 5.41) is 6.53. The summed E-state index contributed by atoms with van der Waals surface area (Å²) in [5.74, 6) is 1.58. The van der Waals surface area contributed by atoms with Crippen molar-refractivity contribution in [3.05, 3.63) is 42.4 Å². The van der Waals surface area contributed by atoms with E-state index in [1.54, 1.807) is 6.20 Å². The molecule has 1 aromatic heterocycles. The Kier molecular flexibility index (Phi) is 5.64. The normalized spacial score (nSPS) is 20.7. The number of amides is 1. The molecule has 2 heterocycles. The van der Waals surface area contributed by atoms with Crippen molar-refractivity contribution < 1.29 is 9.21 Å². The van der Waals surface area contributed by atoms with E-state index in [0.717, 1.165) is 37.1 Å². The van der Waals surface area contributed by atoms with Crippen LogP contribution in [0, 0.1) is 0 Å². The van der Waals surface area contributed by atoms with E-state index < -0.39 is 0 Å². The molecule has 2 N–H and O–H groups in total. The van der Waals surface area contributed by atoms with Crippen LogP contribution in [0.2, 0.25) is 0 Å². The second kappa shape index (κ2) is 8.11. The zero-order valence-corrected chi connectivity index (χ0v) is 14.1. The first kappa shape index (κ1) is 16.7. The predicted molar refractivity (Wildman–Crippen MR) is 93.5 cm³/mol. The highest BCUT2D eigenvalue weighted by Crippen LogP contribution is 2.20. The Labute approximate surface area is 142 Å². The molecule has 5 heteroatoms. The van der Waals surface area contributed by atoms with Crippen molar-refractivity contribution in [2.45, 2.75) is 51.1 Å². The van der Waals surface area contributed by atoms with Crippen LogP contribution in [0.15, 0.2) is 40.9 Å². The van der Waals surface area contributed by atoms with E-state index in [1.807, 2.05) is 30.3 Å². The molecule has 2 atom stereocenters. The molecule has 5 nitrogen and oxygen atoms in total. The molecule has 0 bridgehead atoms. The first-order valence-electron chi connectivity index (χ1n) is 8.75. The smallest absolute Gasteiger partial charge is 0.220 e. The van der Waals surface area contributed by atoms with Crippen LogP contribution in [-0.2, 0) is 11.2 Å². The number of carbonyl (C=O) groups is 1. The summed E-state index contributed by atoms with van der Waals surface area (Å²) >= 11 is 0. The lowest BCUT2D eigenvalue weighted by atomic mass is 9.99. The third kappa shape index (κ3) is 4.45. The molecule has 2 unspecified atom stereocenters. The number of aromatic nitrogens is 1. The van der Waals surface area contributed by atoms with Crippen LogP contribution in [0.25, 0.3) is 11.3 Å². The Balaban J connectivity index is 1.43. The van der Waals surface area contributed by atoms with Crippen molar-refractivity contribution in [1.82, 2.24) is 15.6 Å². The molecular weight excluding hydrogens is 302 g/mol. The maximum absolute atomic E-state index is 12.1. The minimum atomic E-state index is 0.116. The molecule has 24 heavy (non-hydrogen) atoms. The van der Waals surface area contributed by atoms with Crippen LogP contribution in [0.3, 0.4) is 0 Å². The van der Waals surface area contributed by atoms with Gasteiger partial charge in [0, 0.05) is 30.5 Å². The summed E-state index contributed by atoms with van der Waals surface area (Å²) in [4.78, 5) is 16.4. The lowest BCUT2D eigenvalue weighted by Crippen LogP contribution is -2.51. The lowest BCUT2D eigenvalue weighted by molar-refractivity contribution is -0.122.